The summed E-state index contributed by atoms with van der Waals surface area (Å²) in [5, 5.41) is 2.73. The van der Waals surface area contributed by atoms with Crippen molar-refractivity contribution in [2.24, 2.45) is 5.92 Å². The second kappa shape index (κ2) is 10.3. The summed E-state index contributed by atoms with van der Waals surface area (Å²) >= 11 is 0. The van der Waals surface area contributed by atoms with Crippen LogP contribution in [0.3, 0.4) is 0 Å². The minimum absolute atomic E-state index is 0.400. The van der Waals surface area contributed by atoms with E-state index in [1.54, 1.807) is 13.8 Å². The van der Waals surface area contributed by atoms with Crippen LogP contribution in [0.5, 0.6) is 0 Å². The van der Waals surface area contributed by atoms with Crippen molar-refractivity contribution in [3.63, 3.8) is 0 Å². The van der Waals surface area contributed by atoms with Crippen molar-refractivity contribution in [2.45, 2.75) is 46.5 Å². The molecule has 1 amide bonds. The van der Waals surface area contributed by atoms with Gasteiger partial charge in [-0.2, -0.15) is 0 Å². The van der Waals surface area contributed by atoms with Crippen LogP contribution in [0.15, 0.2) is 0 Å². The molecule has 0 spiro atoms. The first-order valence-corrected chi connectivity index (χ1v) is 10.5. The molecule has 0 radical (unpaired) electrons. The van der Waals surface area contributed by atoms with E-state index in [1.807, 2.05) is 0 Å². The fraction of sp³-hybridized carbons (Fsp3) is 0.938. The standard InChI is InChI=1S/C16H33N3O3S/c1-4-19(5-2)23(21,22)14-16(20)17-10-6-7-11-18-12-8-9-15(3)13-18/h15H,4-14H2,1-3H3,(H,17,20)/t15-/m1/s1. The van der Waals surface area contributed by atoms with Crippen molar-refractivity contribution in [1.29, 1.82) is 0 Å². The molecule has 0 aromatic carbocycles. The highest BCUT2D eigenvalue weighted by Gasteiger charge is 2.22. The lowest BCUT2D eigenvalue weighted by atomic mass is 10.0. The predicted octanol–water partition coefficient (Wildman–Crippen LogP) is 1.29. The van der Waals surface area contributed by atoms with Gasteiger partial charge in [0.2, 0.25) is 15.9 Å². The number of rotatable bonds is 10. The highest BCUT2D eigenvalue weighted by Crippen LogP contribution is 2.15. The molecule has 1 fully saturated rings. The average molecular weight is 348 g/mol. The molecule has 0 saturated carbocycles. The Hall–Kier alpha value is -0.660. The Bertz CT molecular complexity index is 449. The van der Waals surface area contributed by atoms with Crippen LogP contribution in [0.1, 0.15) is 46.5 Å². The Labute approximate surface area is 141 Å². The van der Waals surface area contributed by atoms with Gasteiger partial charge in [-0.1, -0.05) is 20.8 Å². The number of carbonyl (C=O) groups is 1. The number of unbranched alkanes of at least 4 members (excludes halogenated alkanes) is 1. The summed E-state index contributed by atoms with van der Waals surface area (Å²) in [6.07, 6.45) is 4.53. The van der Waals surface area contributed by atoms with E-state index in [4.69, 9.17) is 0 Å². The molecule has 136 valence electrons. The zero-order valence-corrected chi connectivity index (χ0v) is 15.7. The lowest BCUT2D eigenvalue weighted by molar-refractivity contribution is -0.118. The van der Waals surface area contributed by atoms with Crippen LogP contribution in [-0.2, 0) is 14.8 Å². The van der Waals surface area contributed by atoms with Gasteiger partial charge in [0.25, 0.3) is 0 Å². The first-order chi connectivity index (χ1) is 10.9. The molecule has 1 heterocycles. The van der Waals surface area contributed by atoms with Crippen molar-refractivity contribution >= 4 is 15.9 Å². The van der Waals surface area contributed by atoms with Crippen molar-refractivity contribution in [3.05, 3.63) is 0 Å². The normalized spacial score (nSPS) is 19.9. The lowest BCUT2D eigenvalue weighted by Crippen LogP contribution is -2.39. The van der Waals surface area contributed by atoms with Crippen LogP contribution in [0.2, 0.25) is 0 Å². The minimum atomic E-state index is -3.47. The molecule has 6 nitrogen and oxygen atoms in total. The number of hydrogen-bond donors (Lipinski definition) is 1. The van der Waals surface area contributed by atoms with Gasteiger partial charge in [0.1, 0.15) is 5.75 Å². The molecule has 0 aromatic rings. The zero-order chi connectivity index (χ0) is 17.3. The summed E-state index contributed by atoms with van der Waals surface area (Å²) < 4.78 is 25.3. The summed E-state index contributed by atoms with van der Waals surface area (Å²) in [6.45, 7) is 10.6. The van der Waals surface area contributed by atoms with Gasteiger partial charge in [-0.25, -0.2) is 12.7 Å². The zero-order valence-electron chi connectivity index (χ0n) is 14.9. The monoisotopic (exact) mass is 347 g/mol. The molecule has 1 aliphatic rings. The molecule has 0 bridgehead atoms. The third kappa shape index (κ3) is 7.63. The van der Waals surface area contributed by atoms with E-state index in [1.165, 1.54) is 30.2 Å². The molecule has 0 unspecified atom stereocenters. The second-order valence-electron chi connectivity index (χ2n) is 6.45. The van der Waals surface area contributed by atoms with Gasteiger partial charge in [0, 0.05) is 26.2 Å². The van der Waals surface area contributed by atoms with Gasteiger partial charge in [0.15, 0.2) is 0 Å². The van der Waals surface area contributed by atoms with Crippen molar-refractivity contribution in [2.75, 3.05) is 45.0 Å². The molecule has 1 saturated heterocycles. The Morgan fingerprint density at radius 2 is 1.96 bits per heavy atom. The molecule has 1 aliphatic heterocycles. The van der Waals surface area contributed by atoms with E-state index in [9.17, 15) is 13.2 Å². The first kappa shape index (κ1) is 20.4. The van der Waals surface area contributed by atoms with E-state index in [2.05, 4.69) is 17.1 Å². The summed E-state index contributed by atoms with van der Waals surface area (Å²) in [7, 11) is -3.47. The Kier molecular flexibility index (Phi) is 9.09. The average Bonchev–Trinajstić information content (AvgIpc) is 2.47. The van der Waals surface area contributed by atoms with Crippen molar-refractivity contribution in [1.82, 2.24) is 14.5 Å². The molecule has 7 heteroatoms. The number of nitrogens with one attached hydrogen (secondary N) is 1. The van der Waals surface area contributed by atoms with Crippen LogP contribution in [0.4, 0.5) is 0 Å². The van der Waals surface area contributed by atoms with Gasteiger partial charge >= 0.3 is 0 Å². The number of nitrogens with zero attached hydrogens (tertiary/aromatic N) is 2. The molecule has 0 aliphatic carbocycles. The van der Waals surface area contributed by atoms with Gasteiger partial charge in [-0.3, -0.25) is 4.79 Å². The van der Waals surface area contributed by atoms with E-state index in [-0.39, 0.29) is 0 Å². The summed E-state index contributed by atoms with van der Waals surface area (Å²) in [6, 6.07) is 0. The number of carbonyl (C=O) groups excluding carboxylic acids is 1. The van der Waals surface area contributed by atoms with Crippen LogP contribution in [0, 0.1) is 5.92 Å². The van der Waals surface area contributed by atoms with E-state index in [0.29, 0.717) is 19.6 Å². The van der Waals surface area contributed by atoms with Crippen LogP contribution in [0.25, 0.3) is 0 Å². The first-order valence-electron chi connectivity index (χ1n) is 8.86. The van der Waals surface area contributed by atoms with Crippen LogP contribution < -0.4 is 5.32 Å². The highest BCUT2D eigenvalue weighted by atomic mass is 32.2. The molecule has 1 rings (SSSR count). The van der Waals surface area contributed by atoms with E-state index in [0.717, 1.165) is 25.3 Å². The number of likely N-dealkylation sites (tertiary alicyclic amines) is 1. The SMILES string of the molecule is CCN(CC)S(=O)(=O)CC(=O)NCCCCN1CCC[C@@H](C)C1. The molecule has 23 heavy (non-hydrogen) atoms. The van der Waals surface area contributed by atoms with Gasteiger partial charge in [-0.15, -0.1) is 0 Å². The topological polar surface area (TPSA) is 69.7 Å². The third-order valence-corrected chi connectivity index (χ3v) is 6.31. The molecule has 1 atom stereocenters. The van der Waals surface area contributed by atoms with Crippen LogP contribution in [-0.4, -0.2) is 68.6 Å². The second-order valence-corrected chi connectivity index (χ2v) is 8.41. The maximum Gasteiger partial charge on any atom is 0.236 e. The smallest absolute Gasteiger partial charge is 0.236 e. The van der Waals surface area contributed by atoms with Gasteiger partial charge < -0.3 is 10.2 Å². The number of piperidine rings is 1. The predicted molar refractivity (Wildman–Crippen MR) is 93.8 cm³/mol. The van der Waals surface area contributed by atoms with Crippen molar-refractivity contribution in [3.8, 4) is 0 Å². The van der Waals surface area contributed by atoms with Gasteiger partial charge in [-0.05, 0) is 44.7 Å². The molecule has 0 aromatic heterocycles. The Morgan fingerprint density at radius 3 is 2.57 bits per heavy atom. The van der Waals surface area contributed by atoms with E-state index < -0.39 is 21.7 Å². The number of amides is 1. The highest BCUT2D eigenvalue weighted by molar-refractivity contribution is 7.89. The maximum atomic E-state index is 12.0. The Balaban J connectivity index is 2.16. The lowest BCUT2D eigenvalue weighted by Gasteiger charge is -2.30. The number of sulfonamides is 1. The largest absolute Gasteiger partial charge is 0.355 e. The summed E-state index contributed by atoms with van der Waals surface area (Å²) in [5.41, 5.74) is 0. The summed E-state index contributed by atoms with van der Waals surface area (Å²) in [4.78, 5) is 14.3. The Morgan fingerprint density at radius 1 is 1.26 bits per heavy atom. The fourth-order valence-corrected chi connectivity index (χ4v) is 4.51. The fourth-order valence-electron chi connectivity index (χ4n) is 3.10. The molecule has 1 N–H and O–H groups in total. The van der Waals surface area contributed by atoms with Crippen molar-refractivity contribution < 1.29 is 13.2 Å². The third-order valence-electron chi connectivity index (χ3n) is 4.38. The maximum absolute atomic E-state index is 12.0. The van der Waals surface area contributed by atoms with E-state index >= 15 is 0 Å². The minimum Gasteiger partial charge on any atom is -0.355 e. The quantitative estimate of drug-likeness (QED) is 0.605. The summed E-state index contributed by atoms with van der Waals surface area (Å²) in [5.74, 6) is -0.0598. The van der Waals surface area contributed by atoms with Crippen LogP contribution >= 0.6 is 0 Å². The number of hydrogen-bond acceptors (Lipinski definition) is 4. The van der Waals surface area contributed by atoms with Gasteiger partial charge in [0.05, 0.1) is 0 Å². The molecular formula is C16H33N3O3S. The molecular weight excluding hydrogens is 314 g/mol.